The van der Waals surface area contributed by atoms with E-state index in [2.05, 4.69) is 21.9 Å². The Bertz CT molecular complexity index is 944. The Morgan fingerprint density at radius 3 is 2.78 bits per heavy atom. The van der Waals surface area contributed by atoms with Crippen LogP contribution in [0.1, 0.15) is 4.88 Å². The summed E-state index contributed by atoms with van der Waals surface area (Å²) in [7, 11) is 0. The predicted molar refractivity (Wildman–Crippen MR) is 93.9 cm³/mol. The molecule has 23 heavy (non-hydrogen) atoms. The number of hydrogen-bond acceptors (Lipinski definition) is 4. The Balaban J connectivity index is 1.68. The van der Waals surface area contributed by atoms with Crippen molar-refractivity contribution >= 4 is 22.7 Å². The summed E-state index contributed by atoms with van der Waals surface area (Å²) >= 11 is 1.72. The highest BCUT2D eigenvalue weighted by Crippen LogP contribution is 2.25. The van der Waals surface area contributed by atoms with E-state index in [-0.39, 0.29) is 5.75 Å². The predicted octanol–water partition coefficient (Wildman–Crippen LogP) is 4.38. The van der Waals surface area contributed by atoms with E-state index in [0.717, 1.165) is 29.1 Å². The van der Waals surface area contributed by atoms with Gasteiger partial charge >= 0.3 is 0 Å². The number of benzene rings is 1. The molecule has 0 radical (unpaired) electrons. The number of phenolic OH excluding ortho intramolecular Hbond substituents is 1. The first-order valence-electron chi connectivity index (χ1n) is 7.34. The summed E-state index contributed by atoms with van der Waals surface area (Å²) in [5.74, 6) is 1.08. The summed E-state index contributed by atoms with van der Waals surface area (Å²) in [6, 6.07) is 19.4. The third kappa shape index (κ3) is 2.78. The van der Waals surface area contributed by atoms with Gasteiger partial charge in [-0.05, 0) is 47.8 Å². The number of rotatable bonds is 4. The fraction of sp³-hybridized carbons (Fsp3) is 0.0556. The summed E-state index contributed by atoms with van der Waals surface area (Å²) in [4.78, 5) is 1.27. The van der Waals surface area contributed by atoms with Crippen LogP contribution in [0.5, 0.6) is 5.75 Å². The Hall–Kier alpha value is -2.79. The van der Waals surface area contributed by atoms with Gasteiger partial charge in [-0.15, -0.1) is 16.4 Å². The van der Waals surface area contributed by atoms with Crippen molar-refractivity contribution < 1.29 is 5.11 Å². The molecule has 114 valence electrons. The van der Waals surface area contributed by atoms with Gasteiger partial charge in [0.15, 0.2) is 0 Å². The molecular weight excluding hydrogens is 306 g/mol. The number of phenols is 1. The molecule has 0 spiro atoms. The maximum atomic E-state index is 9.69. The van der Waals surface area contributed by atoms with Crippen molar-refractivity contribution in [3.05, 3.63) is 70.9 Å². The molecule has 0 bridgehead atoms. The largest absolute Gasteiger partial charge is 0.508 e. The molecule has 2 N–H and O–H groups in total. The number of nitrogens with zero attached hydrogens (tertiary/aromatic N) is 2. The minimum Gasteiger partial charge on any atom is -0.508 e. The Morgan fingerprint density at radius 2 is 1.96 bits per heavy atom. The van der Waals surface area contributed by atoms with Crippen LogP contribution in [0.3, 0.4) is 0 Å². The fourth-order valence-electron chi connectivity index (χ4n) is 2.56. The first-order valence-corrected chi connectivity index (χ1v) is 8.22. The second-order valence-corrected chi connectivity index (χ2v) is 6.29. The normalized spacial score (nSPS) is 11.0. The van der Waals surface area contributed by atoms with Gasteiger partial charge in [-0.25, -0.2) is 4.52 Å². The molecule has 0 aliphatic carbocycles. The van der Waals surface area contributed by atoms with Crippen LogP contribution >= 0.6 is 11.3 Å². The zero-order valence-electron chi connectivity index (χ0n) is 12.3. The third-order valence-corrected chi connectivity index (χ3v) is 4.55. The van der Waals surface area contributed by atoms with Crippen LogP contribution in [0.15, 0.2) is 66.0 Å². The van der Waals surface area contributed by atoms with Gasteiger partial charge < -0.3 is 10.4 Å². The molecule has 0 unspecified atom stereocenters. The first-order chi connectivity index (χ1) is 11.3. The van der Waals surface area contributed by atoms with Gasteiger partial charge in [0.05, 0.1) is 17.8 Å². The summed E-state index contributed by atoms with van der Waals surface area (Å²) in [5, 5.41) is 19.8. The van der Waals surface area contributed by atoms with Crippen LogP contribution in [-0.2, 0) is 6.54 Å². The summed E-state index contributed by atoms with van der Waals surface area (Å²) in [6.45, 7) is 0.763. The molecule has 0 saturated carbocycles. The van der Waals surface area contributed by atoms with Gasteiger partial charge in [0.25, 0.3) is 0 Å². The van der Waals surface area contributed by atoms with Gasteiger partial charge in [-0.2, -0.15) is 0 Å². The molecule has 0 fully saturated rings. The highest BCUT2D eigenvalue weighted by molar-refractivity contribution is 7.09. The molecule has 0 aliphatic heterocycles. The van der Waals surface area contributed by atoms with E-state index in [1.165, 1.54) is 4.88 Å². The van der Waals surface area contributed by atoms with Crippen molar-refractivity contribution in [3.8, 4) is 17.0 Å². The average Bonchev–Trinajstić information content (AvgIpc) is 3.22. The van der Waals surface area contributed by atoms with E-state index in [1.807, 2.05) is 47.0 Å². The lowest BCUT2D eigenvalue weighted by Crippen LogP contribution is -2.03. The minimum absolute atomic E-state index is 0.254. The lowest BCUT2D eigenvalue weighted by atomic mass is 10.1. The standard InChI is InChI=1S/C18H15N3OS/c22-15-4-1-3-13(11-15)17-8-6-14-7-9-18(20-21(14)17)19-12-16-5-2-10-23-16/h1-11,22H,12H2,(H,19,20). The first kappa shape index (κ1) is 13.8. The lowest BCUT2D eigenvalue weighted by molar-refractivity contribution is 0.475. The molecule has 4 nitrogen and oxygen atoms in total. The van der Waals surface area contributed by atoms with Gasteiger partial charge in [0.1, 0.15) is 11.6 Å². The SMILES string of the molecule is Oc1cccc(-c2ccc3ccc(NCc4cccs4)nn23)c1. The maximum Gasteiger partial charge on any atom is 0.147 e. The zero-order valence-corrected chi connectivity index (χ0v) is 13.1. The van der Waals surface area contributed by atoms with Crippen molar-refractivity contribution in [2.24, 2.45) is 0 Å². The summed E-state index contributed by atoms with van der Waals surface area (Å²) in [6.07, 6.45) is 0. The van der Waals surface area contributed by atoms with Crippen LogP contribution in [0.25, 0.3) is 16.8 Å². The molecule has 0 atom stereocenters. The van der Waals surface area contributed by atoms with E-state index in [4.69, 9.17) is 0 Å². The monoisotopic (exact) mass is 321 g/mol. The fourth-order valence-corrected chi connectivity index (χ4v) is 3.20. The molecule has 0 saturated heterocycles. The Morgan fingerprint density at radius 1 is 1.04 bits per heavy atom. The number of anilines is 1. The molecular formula is C18H15N3OS. The van der Waals surface area contributed by atoms with Crippen molar-refractivity contribution in [1.29, 1.82) is 0 Å². The number of aromatic hydroxyl groups is 1. The average molecular weight is 321 g/mol. The van der Waals surface area contributed by atoms with Crippen LogP contribution in [0.2, 0.25) is 0 Å². The van der Waals surface area contributed by atoms with E-state index < -0.39 is 0 Å². The molecule has 3 aromatic heterocycles. The van der Waals surface area contributed by atoms with Crippen molar-refractivity contribution in [1.82, 2.24) is 9.61 Å². The Labute approximate surface area is 137 Å². The smallest absolute Gasteiger partial charge is 0.147 e. The molecule has 4 rings (SSSR count). The van der Waals surface area contributed by atoms with Crippen LogP contribution in [0.4, 0.5) is 5.82 Å². The number of hydrogen-bond donors (Lipinski definition) is 2. The van der Waals surface area contributed by atoms with Gasteiger partial charge in [0.2, 0.25) is 0 Å². The van der Waals surface area contributed by atoms with Gasteiger partial charge in [-0.3, -0.25) is 0 Å². The lowest BCUT2D eigenvalue weighted by Gasteiger charge is -2.07. The van der Waals surface area contributed by atoms with E-state index >= 15 is 0 Å². The molecule has 0 amide bonds. The van der Waals surface area contributed by atoms with Crippen LogP contribution < -0.4 is 5.32 Å². The van der Waals surface area contributed by atoms with Crippen LogP contribution in [0, 0.1) is 0 Å². The topological polar surface area (TPSA) is 49.6 Å². The van der Waals surface area contributed by atoms with E-state index in [0.29, 0.717) is 0 Å². The number of thiophene rings is 1. The highest BCUT2D eigenvalue weighted by Gasteiger charge is 2.07. The molecule has 4 aromatic rings. The van der Waals surface area contributed by atoms with Crippen molar-refractivity contribution in [2.75, 3.05) is 5.32 Å². The summed E-state index contributed by atoms with van der Waals surface area (Å²) in [5.41, 5.74) is 2.91. The number of fused-ring (bicyclic) bond motifs is 1. The van der Waals surface area contributed by atoms with Crippen molar-refractivity contribution in [3.63, 3.8) is 0 Å². The third-order valence-electron chi connectivity index (χ3n) is 3.67. The number of aromatic nitrogens is 2. The molecule has 0 aliphatic rings. The van der Waals surface area contributed by atoms with Gasteiger partial charge in [0, 0.05) is 10.4 Å². The zero-order chi connectivity index (χ0) is 15.6. The molecule has 5 heteroatoms. The maximum absolute atomic E-state index is 9.69. The quantitative estimate of drug-likeness (QED) is 0.586. The van der Waals surface area contributed by atoms with Gasteiger partial charge in [-0.1, -0.05) is 18.2 Å². The second kappa shape index (κ2) is 5.78. The second-order valence-electron chi connectivity index (χ2n) is 5.26. The highest BCUT2D eigenvalue weighted by atomic mass is 32.1. The van der Waals surface area contributed by atoms with E-state index in [1.54, 1.807) is 23.5 Å². The molecule has 1 aromatic carbocycles. The van der Waals surface area contributed by atoms with E-state index in [9.17, 15) is 5.11 Å². The minimum atomic E-state index is 0.254. The number of nitrogens with one attached hydrogen (secondary N) is 1. The van der Waals surface area contributed by atoms with Crippen molar-refractivity contribution in [2.45, 2.75) is 6.54 Å². The Kier molecular flexibility index (Phi) is 3.48. The van der Waals surface area contributed by atoms with Crippen LogP contribution in [-0.4, -0.2) is 14.7 Å². The summed E-state index contributed by atoms with van der Waals surface area (Å²) < 4.78 is 1.89. The molecule has 3 heterocycles.